The maximum Gasteiger partial charge on any atom is 0.309 e. The van der Waals surface area contributed by atoms with Gasteiger partial charge in [-0.2, -0.15) is 0 Å². The van der Waals surface area contributed by atoms with Crippen LogP contribution in [-0.2, 0) is 19.1 Å². The Morgan fingerprint density at radius 3 is 2.30 bits per heavy atom. The second-order valence-corrected chi connectivity index (χ2v) is 11.5. The molecule has 0 radical (unpaired) electrons. The Kier molecular flexibility index (Phi) is 10.2. The Labute approximate surface area is 200 Å². The van der Waals surface area contributed by atoms with Crippen molar-refractivity contribution in [3.05, 3.63) is 0 Å². The van der Waals surface area contributed by atoms with Gasteiger partial charge in [0.15, 0.2) is 0 Å². The number of hydrogen-bond acceptors (Lipinski definition) is 4. The largest absolute Gasteiger partial charge is 0.481 e. The van der Waals surface area contributed by atoms with Crippen LogP contribution in [0.25, 0.3) is 0 Å². The number of carboxylic acid groups (broad SMARTS) is 1. The van der Waals surface area contributed by atoms with E-state index in [0.717, 1.165) is 64.2 Å². The SMILES string of the molecule is CCCCC1C[C@@H](NC(=O)C2(CC(CCC)C(=O)OC(C)(C)C)CCCC2)CC[C@H]1C(=O)O. The second kappa shape index (κ2) is 12.2. The topological polar surface area (TPSA) is 92.7 Å². The molecule has 0 aromatic carbocycles. The number of rotatable bonds is 11. The molecule has 0 heterocycles. The van der Waals surface area contributed by atoms with E-state index in [4.69, 9.17) is 4.74 Å². The van der Waals surface area contributed by atoms with Gasteiger partial charge in [-0.3, -0.25) is 14.4 Å². The van der Waals surface area contributed by atoms with Crippen molar-refractivity contribution >= 4 is 17.8 Å². The summed E-state index contributed by atoms with van der Waals surface area (Å²) < 4.78 is 5.70. The van der Waals surface area contributed by atoms with Gasteiger partial charge in [-0.1, -0.05) is 46.0 Å². The lowest BCUT2D eigenvalue weighted by atomic mass is 9.73. The predicted octanol–water partition coefficient (Wildman–Crippen LogP) is 5.87. The number of hydrogen-bond donors (Lipinski definition) is 2. The van der Waals surface area contributed by atoms with Crippen LogP contribution in [0.4, 0.5) is 0 Å². The molecule has 6 nitrogen and oxygen atoms in total. The van der Waals surface area contributed by atoms with Gasteiger partial charge in [-0.15, -0.1) is 0 Å². The monoisotopic (exact) mass is 465 g/mol. The molecular weight excluding hydrogens is 418 g/mol. The molecule has 0 aliphatic heterocycles. The quantitative estimate of drug-likeness (QED) is 0.372. The number of nitrogens with one attached hydrogen (secondary N) is 1. The van der Waals surface area contributed by atoms with Crippen LogP contribution >= 0.6 is 0 Å². The highest BCUT2D eigenvalue weighted by Crippen LogP contribution is 2.45. The molecule has 2 saturated carbocycles. The highest BCUT2D eigenvalue weighted by molar-refractivity contribution is 5.84. The average molecular weight is 466 g/mol. The molecule has 2 unspecified atom stereocenters. The fourth-order valence-electron chi connectivity index (χ4n) is 5.93. The number of carboxylic acids is 1. The predicted molar refractivity (Wildman–Crippen MR) is 130 cm³/mol. The number of aliphatic carboxylic acids is 1. The molecule has 2 N–H and O–H groups in total. The van der Waals surface area contributed by atoms with Crippen LogP contribution in [0.3, 0.4) is 0 Å². The number of ether oxygens (including phenoxy) is 1. The maximum absolute atomic E-state index is 13.6. The molecule has 2 rings (SSSR count). The molecule has 0 spiro atoms. The Balaban J connectivity index is 2.10. The van der Waals surface area contributed by atoms with Gasteiger partial charge in [0.1, 0.15) is 5.60 Å². The van der Waals surface area contributed by atoms with Crippen molar-refractivity contribution in [1.82, 2.24) is 5.32 Å². The van der Waals surface area contributed by atoms with E-state index in [0.29, 0.717) is 19.3 Å². The summed E-state index contributed by atoms with van der Waals surface area (Å²) in [5.41, 5.74) is -1.05. The number of carbonyl (C=O) groups excluding carboxylic acids is 2. The smallest absolute Gasteiger partial charge is 0.309 e. The first-order valence-corrected chi connectivity index (χ1v) is 13.3. The summed E-state index contributed by atoms with van der Waals surface area (Å²) in [6, 6.07) is 0.0265. The molecule has 0 saturated heterocycles. The number of carbonyl (C=O) groups is 3. The lowest BCUT2D eigenvalue weighted by Crippen LogP contribution is -2.49. The number of unbranched alkanes of at least 4 members (excludes halogenated alkanes) is 1. The van der Waals surface area contributed by atoms with E-state index in [1.165, 1.54) is 0 Å². The summed E-state index contributed by atoms with van der Waals surface area (Å²) in [7, 11) is 0. The fourth-order valence-corrected chi connectivity index (χ4v) is 5.93. The minimum atomic E-state index is -0.701. The molecule has 33 heavy (non-hydrogen) atoms. The van der Waals surface area contributed by atoms with Crippen LogP contribution in [0.1, 0.15) is 118 Å². The Hall–Kier alpha value is -1.59. The van der Waals surface area contributed by atoms with Gasteiger partial charge in [0.25, 0.3) is 0 Å². The summed E-state index contributed by atoms with van der Waals surface area (Å²) in [6.45, 7) is 9.84. The minimum Gasteiger partial charge on any atom is -0.481 e. The molecule has 4 atom stereocenters. The van der Waals surface area contributed by atoms with E-state index in [2.05, 4.69) is 19.2 Å². The van der Waals surface area contributed by atoms with E-state index in [1.807, 2.05) is 20.8 Å². The van der Waals surface area contributed by atoms with Crippen LogP contribution in [-0.4, -0.2) is 34.6 Å². The third-order valence-electron chi connectivity index (χ3n) is 7.62. The van der Waals surface area contributed by atoms with E-state index < -0.39 is 17.0 Å². The van der Waals surface area contributed by atoms with Gasteiger partial charge >= 0.3 is 11.9 Å². The van der Waals surface area contributed by atoms with Gasteiger partial charge in [0.05, 0.1) is 17.3 Å². The second-order valence-electron chi connectivity index (χ2n) is 11.5. The van der Waals surface area contributed by atoms with Crippen molar-refractivity contribution in [3.8, 4) is 0 Å². The van der Waals surface area contributed by atoms with E-state index in [1.54, 1.807) is 0 Å². The van der Waals surface area contributed by atoms with E-state index in [9.17, 15) is 19.5 Å². The summed E-state index contributed by atoms with van der Waals surface area (Å²) in [6.07, 6.45) is 10.8. The van der Waals surface area contributed by atoms with Gasteiger partial charge < -0.3 is 15.2 Å². The molecule has 2 aliphatic rings. The van der Waals surface area contributed by atoms with Crippen LogP contribution in [0, 0.1) is 23.2 Å². The molecule has 6 heteroatoms. The van der Waals surface area contributed by atoms with Crippen molar-refractivity contribution in [2.45, 2.75) is 130 Å². The molecule has 2 fully saturated rings. The van der Waals surface area contributed by atoms with Crippen molar-refractivity contribution in [3.63, 3.8) is 0 Å². The van der Waals surface area contributed by atoms with Crippen molar-refractivity contribution in [2.24, 2.45) is 23.2 Å². The van der Waals surface area contributed by atoms with Crippen LogP contribution < -0.4 is 5.32 Å². The van der Waals surface area contributed by atoms with Gasteiger partial charge in [0.2, 0.25) is 5.91 Å². The summed E-state index contributed by atoms with van der Waals surface area (Å²) in [4.78, 5) is 38.3. The van der Waals surface area contributed by atoms with Gasteiger partial charge in [-0.05, 0) is 78.1 Å². The maximum atomic E-state index is 13.6. The minimum absolute atomic E-state index is 0.0265. The van der Waals surface area contributed by atoms with Gasteiger partial charge in [0, 0.05) is 6.04 Å². The normalized spacial score (nSPS) is 25.9. The zero-order valence-corrected chi connectivity index (χ0v) is 21.6. The van der Waals surface area contributed by atoms with Crippen LogP contribution in [0.2, 0.25) is 0 Å². The highest BCUT2D eigenvalue weighted by Gasteiger charge is 2.46. The number of amides is 1. The summed E-state index contributed by atoms with van der Waals surface area (Å²) >= 11 is 0. The average Bonchev–Trinajstić information content (AvgIpc) is 3.20. The Morgan fingerprint density at radius 2 is 1.76 bits per heavy atom. The summed E-state index contributed by atoms with van der Waals surface area (Å²) in [5.74, 6) is -1.27. The first-order valence-electron chi connectivity index (χ1n) is 13.3. The lowest BCUT2D eigenvalue weighted by Gasteiger charge is -2.38. The van der Waals surface area contributed by atoms with Crippen molar-refractivity contribution < 1.29 is 24.2 Å². The van der Waals surface area contributed by atoms with Crippen LogP contribution in [0.15, 0.2) is 0 Å². The van der Waals surface area contributed by atoms with Crippen molar-refractivity contribution in [2.75, 3.05) is 0 Å². The molecule has 1 amide bonds. The standard InChI is InChI=1S/C27H47NO5/c1-6-8-12-19-17-21(13-14-22(19)23(29)30)28-25(32)27(15-9-10-16-27)18-20(11-7-2)24(31)33-26(3,4)5/h19-22H,6-18H2,1-5H3,(H,28,32)(H,29,30)/t19?,20?,21-,22+/m0/s1. The molecule has 0 aromatic heterocycles. The van der Waals surface area contributed by atoms with Crippen LogP contribution in [0.5, 0.6) is 0 Å². The Morgan fingerprint density at radius 1 is 1.09 bits per heavy atom. The molecule has 190 valence electrons. The zero-order chi connectivity index (χ0) is 24.6. The highest BCUT2D eigenvalue weighted by atomic mass is 16.6. The third-order valence-corrected chi connectivity index (χ3v) is 7.62. The zero-order valence-electron chi connectivity index (χ0n) is 21.6. The van der Waals surface area contributed by atoms with E-state index in [-0.39, 0.29) is 35.7 Å². The summed E-state index contributed by atoms with van der Waals surface area (Å²) in [5, 5.41) is 13.0. The van der Waals surface area contributed by atoms with E-state index >= 15 is 0 Å². The lowest BCUT2D eigenvalue weighted by molar-refractivity contribution is -0.162. The molecule has 0 aromatic rings. The Bertz CT molecular complexity index is 662. The first-order chi connectivity index (χ1) is 15.5. The molecule has 2 aliphatic carbocycles. The first kappa shape index (κ1) is 27.7. The number of esters is 1. The van der Waals surface area contributed by atoms with Gasteiger partial charge in [-0.25, -0.2) is 0 Å². The van der Waals surface area contributed by atoms with Crippen molar-refractivity contribution in [1.29, 1.82) is 0 Å². The molecule has 0 bridgehead atoms. The molecular formula is C27H47NO5. The third kappa shape index (κ3) is 7.99. The fraction of sp³-hybridized carbons (Fsp3) is 0.889.